The summed E-state index contributed by atoms with van der Waals surface area (Å²) in [6.07, 6.45) is 2.95. The first-order valence-electron chi connectivity index (χ1n) is 6.73. The Balaban J connectivity index is 2.30. The van der Waals surface area contributed by atoms with Crippen LogP contribution < -0.4 is 0 Å². The summed E-state index contributed by atoms with van der Waals surface area (Å²) in [5.74, 6) is 0.180. The Morgan fingerprint density at radius 3 is 2.40 bits per heavy atom. The molecule has 0 aromatic heterocycles. The molecule has 0 radical (unpaired) electrons. The van der Waals surface area contributed by atoms with E-state index in [0.717, 1.165) is 24.8 Å². The van der Waals surface area contributed by atoms with Crippen molar-refractivity contribution in [1.29, 1.82) is 0 Å². The van der Waals surface area contributed by atoms with Gasteiger partial charge in [0.2, 0.25) is 0 Å². The average molecular weight is 270 g/mol. The zero-order chi connectivity index (χ0) is 14.4. The number of phenolic OH excluding ortho intramolecular Hbond substituents is 2. The van der Waals surface area contributed by atoms with Crippen LogP contribution in [0.25, 0.3) is 0 Å². The van der Waals surface area contributed by atoms with Crippen molar-refractivity contribution in [3.63, 3.8) is 0 Å². The van der Waals surface area contributed by atoms with Crippen LogP contribution in [-0.2, 0) is 6.42 Å². The minimum atomic E-state index is 0.0711. The van der Waals surface area contributed by atoms with E-state index in [4.69, 9.17) is 0 Å². The number of para-hydroxylation sites is 1. The standard InChI is InChI=1S/C16H18N2O2/c1-2-3-7-12-8-6-11-15(20)16(12)18-17-13-9-4-5-10-14(13)19/h4-6,8-11,19-20H,2-3,7H2,1H3. The molecule has 0 saturated carbocycles. The van der Waals surface area contributed by atoms with E-state index in [0.29, 0.717) is 11.4 Å². The van der Waals surface area contributed by atoms with Gasteiger partial charge in [0.05, 0.1) is 0 Å². The Hall–Kier alpha value is -2.36. The molecule has 0 bridgehead atoms. The summed E-state index contributed by atoms with van der Waals surface area (Å²) >= 11 is 0. The number of azo groups is 1. The normalized spacial score (nSPS) is 11.1. The fourth-order valence-corrected chi connectivity index (χ4v) is 1.91. The predicted molar refractivity (Wildman–Crippen MR) is 79.0 cm³/mol. The maximum atomic E-state index is 9.92. The van der Waals surface area contributed by atoms with Gasteiger partial charge in [-0.05, 0) is 36.6 Å². The molecule has 0 amide bonds. The van der Waals surface area contributed by atoms with E-state index >= 15 is 0 Å². The maximum absolute atomic E-state index is 9.92. The predicted octanol–water partition coefficient (Wildman–Crippen LogP) is 4.86. The second-order valence-corrected chi connectivity index (χ2v) is 4.58. The third kappa shape index (κ3) is 3.35. The Kier molecular flexibility index (Phi) is 4.71. The summed E-state index contributed by atoms with van der Waals surface area (Å²) in [5.41, 5.74) is 1.83. The molecule has 0 unspecified atom stereocenters. The summed E-state index contributed by atoms with van der Waals surface area (Å²) in [6.45, 7) is 2.12. The van der Waals surface area contributed by atoms with Crippen LogP contribution in [0.15, 0.2) is 52.7 Å². The second-order valence-electron chi connectivity index (χ2n) is 4.58. The highest BCUT2D eigenvalue weighted by molar-refractivity contribution is 5.58. The van der Waals surface area contributed by atoms with Crippen LogP contribution in [0.2, 0.25) is 0 Å². The fourth-order valence-electron chi connectivity index (χ4n) is 1.91. The van der Waals surface area contributed by atoms with Crippen molar-refractivity contribution in [3.05, 3.63) is 48.0 Å². The molecule has 0 aliphatic rings. The van der Waals surface area contributed by atoms with Gasteiger partial charge < -0.3 is 10.2 Å². The molecule has 2 aromatic carbocycles. The molecule has 0 heterocycles. The van der Waals surface area contributed by atoms with Crippen molar-refractivity contribution in [2.45, 2.75) is 26.2 Å². The number of rotatable bonds is 5. The largest absolute Gasteiger partial charge is 0.506 e. The molecular weight excluding hydrogens is 252 g/mol. The number of phenols is 2. The lowest BCUT2D eigenvalue weighted by atomic mass is 10.1. The highest BCUT2D eigenvalue weighted by Crippen LogP contribution is 2.34. The van der Waals surface area contributed by atoms with Crippen molar-refractivity contribution in [2.24, 2.45) is 10.2 Å². The molecular formula is C16H18N2O2. The number of benzene rings is 2. The first-order valence-corrected chi connectivity index (χ1v) is 6.73. The third-order valence-corrected chi connectivity index (χ3v) is 3.04. The zero-order valence-electron chi connectivity index (χ0n) is 11.5. The number of nitrogens with zero attached hydrogens (tertiary/aromatic N) is 2. The SMILES string of the molecule is CCCCc1cccc(O)c1N=Nc1ccccc1O. The molecule has 4 heteroatoms. The molecule has 0 aliphatic carbocycles. The van der Waals surface area contributed by atoms with Gasteiger partial charge in [-0.1, -0.05) is 37.6 Å². The van der Waals surface area contributed by atoms with Crippen molar-refractivity contribution >= 4 is 11.4 Å². The summed E-state index contributed by atoms with van der Waals surface area (Å²) in [7, 11) is 0. The molecule has 2 N–H and O–H groups in total. The Morgan fingerprint density at radius 1 is 0.900 bits per heavy atom. The minimum Gasteiger partial charge on any atom is -0.506 e. The number of hydrogen-bond donors (Lipinski definition) is 2. The molecule has 0 saturated heterocycles. The highest BCUT2D eigenvalue weighted by Gasteiger charge is 2.07. The molecule has 4 nitrogen and oxygen atoms in total. The van der Waals surface area contributed by atoms with Gasteiger partial charge in [-0.25, -0.2) is 0 Å². The van der Waals surface area contributed by atoms with Gasteiger partial charge in [0.1, 0.15) is 22.9 Å². The zero-order valence-corrected chi connectivity index (χ0v) is 11.5. The molecule has 0 spiro atoms. The van der Waals surface area contributed by atoms with E-state index in [1.807, 2.05) is 6.07 Å². The van der Waals surface area contributed by atoms with E-state index in [9.17, 15) is 10.2 Å². The lowest BCUT2D eigenvalue weighted by Gasteiger charge is -2.06. The van der Waals surface area contributed by atoms with Gasteiger partial charge >= 0.3 is 0 Å². The molecule has 20 heavy (non-hydrogen) atoms. The van der Waals surface area contributed by atoms with Crippen LogP contribution >= 0.6 is 0 Å². The topological polar surface area (TPSA) is 65.2 Å². The first-order chi connectivity index (χ1) is 9.72. The van der Waals surface area contributed by atoms with Crippen molar-refractivity contribution in [2.75, 3.05) is 0 Å². The van der Waals surface area contributed by atoms with Crippen LogP contribution in [0.4, 0.5) is 11.4 Å². The summed E-state index contributed by atoms with van der Waals surface area (Å²) in [6, 6.07) is 12.1. The Morgan fingerprint density at radius 2 is 1.65 bits per heavy atom. The van der Waals surface area contributed by atoms with Gasteiger partial charge in [0.15, 0.2) is 0 Å². The van der Waals surface area contributed by atoms with Gasteiger partial charge in [-0.2, -0.15) is 0 Å². The Labute approximate surface area is 118 Å². The van der Waals surface area contributed by atoms with E-state index in [-0.39, 0.29) is 11.5 Å². The third-order valence-electron chi connectivity index (χ3n) is 3.04. The van der Waals surface area contributed by atoms with Crippen molar-refractivity contribution in [1.82, 2.24) is 0 Å². The molecule has 104 valence electrons. The van der Waals surface area contributed by atoms with Gasteiger partial charge in [0.25, 0.3) is 0 Å². The first kappa shape index (κ1) is 14.1. The van der Waals surface area contributed by atoms with Crippen LogP contribution in [-0.4, -0.2) is 10.2 Å². The van der Waals surface area contributed by atoms with Gasteiger partial charge in [-0.15, -0.1) is 10.2 Å². The molecule has 2 rings (SSSR count). The van der Waals surface area contributed by atoms with Crippen molar-refractivity contribution < 1.29 is 10.2 Å². The quantitative estimate of drug-likeness (QED) is 0.762. The summed E-state index contributed by atoms with van der Waals surface area (Å²) < 4.78 is 0. The number of aryl methyl sites for hydroxylation is 1. The second kappa shape index (κ2) is 6.70. The van der Waals surface area contributed by atoms with Crippen LogP contribution in [0.5, 0.6) is 11.5 Å². The van der Waals surface area contributed by atoms with Crippen LogP contribution in [0.3, 0.4) is 0 Å². The van der Waals surface area contributed by atoms with Crippen LogP contribution in [0, 0.1) is 0 Å². The fraction of sp³-hybridized carbons (Fsp3) is 0.250. The van der Waals surface area contributed by atoms with E-state index in [1.54, 1.807) is 36.4 Å². The smallest absolute Gasteiger partial charge is 0.143 e. The van der Waals surface area contributed by atoms with E-state index < -0.39 is 0 Å². The lowest BCUT2D eigenvalue weighted by Crippen LogP contribution is -1.85. The van der Waals surface area contributed by atoms with Crippen molar-refractivity contribution in [3.8, 4) is 11.5 Å². The van der Waals surface area contributed by atoms with E-state index in [1.165, 1.54) is 0 Å². The monoisotopic (exact) mass is 270 g/mol. The minimum absolute atomic E-state index is 0.0711. The van der Waals surface area contributed by atoms with Gasteiger partial charge in [0, 0.05) is 0 Å². The van der Waals surface area contributed by atoms with Crippen LogP contribution in [0.1, 0.15) is 25.3 Å². The summed E-state index contributed by atoms with van der Waals surface area (Å²) in [5, 5.41) is 27.7. The number of aromatic hydroxyl groups is 2. The summed E-state index contributed by atoms with van der Waals surface area (Å²) in [4.78, 5) is 0. The molecule has 2 aromatic rings. The van der Waals surface area contributed by atoms with Gasteiger partial charge in [-0.3, -0.25) is 0 Å². The number of hydrogen-bond acceptors (Lipinski definition) is 4. The molecule has 0 atom stereocenters. The molecule has 0 fully saturated rings. The highest BCUT2D eigenvalue weighted by atomic mass is 16.3. The average Bonchev–Trinajstić information content (AvgIpc) is 2.45. The Bertz CT molecular complexity index is 609. The van der Waals surface area contributed by atoms with E-state index in [2.05, 4.69) is 17.2 Å². The maximum Gasteiger partial charge on any atom is 0.143 e. The molecule has 0 aliphatic heterocycles. The lowest BCUT2D eigenvalue weighted by molar-refractivity contribution is 0.473. The number of unbranched alkanes of at least 4 members (excludes halogenated alkanes) is 1.